The lowest BCUT2D eigenvalue weighted by Crippen LogP contribution is -2.35. The van der Waals surface area contributed by atoms with Crippen LogP contribution in [0.2, 0.25) is 0 Å². The van der Waals surface area contributed by atoms with Crippen molar-refractivity contribution in [1.82, 2.24) is 9.88 Å². The van der Waals surface area contributed by atoms with Crippen molar-refractivity contribution >= 4 is 17.5 Å². The summed E-state index contributed by atoms with van der Waals surface area (Å²) in [7, 11) is 0. The zero-order valence-corrected chi connectivity index (χ0v) is 11.5. The molecule has 20 heavy (non-hydrogen) atoms. The Hall–Kier alpha value is -1.82. The minimum absolute atomic E-state index is 0.139. The van der Waals surface area contributed by atoms with Crippen molar-refractivity contribution in [3.05, 3.63) is 17.8 Å². The molecule has 1 atom stereocenters. The summed E-state index contributed by atoms with van der Waals surface area (Å²) in [4.78, 5) is 20.1. The van der Waals surface area contributed by atoms with Gasteiger partial charge in [0.1, 0.15) is 5.82 Å². The third-order valence-electron chi connectivity index (χ3n) is 4.30. The molecule has 3 N–H and O–H groups in total. The second kappa shape index (κ2) is 5.28. The number of nitrogen functional groups attached to an aromatic ring is 1. The molecule has 1 unspecified atom stereocenters. The third kappa shape index (κ3) is 2.43. The Bertz CT molecular complexity index is 514. The van der Waals surface area contributed by atoms with E-state index in [0.717, 1.165) is 25.3 Å². The zero-order valence-electron chi connectivity index (χ0n) is 11.5. The van der Waals surface area contributed by atoms with Gasteiger partial charge in [-0.1, -0.05) is 0 Å². The molecule has 0 amide bonds. The van der Waals surface area contributed by atoms with Gasteiger partial charge in [-0.25, -0.2) is 9.78 Å². The number of anilines is 2. The van der Waals surface area contributed by atoms with E-state index < -0.39 is 5.97 Å². The quantitative estimate of drug-likeness (QED) is 0.858. The summed E-state index contributed by atoms with van der Waals surface area (Å²) in [6.07, 6.45) is 5.15. The predicted octanol–water partition coefficient (Wildman–Crippen LogP) is 1.04. The molecule has 6 nitrogen and oxygen atoms in total. The van der Waals surface area contributed by atoms with Gasteiger partial charge in [0.05, 0.1) is 17.4 Å². The molecule has 0 aliphatic carbocycles. The Labute approximate surface area is 118 Å². The Morgan fingerprint density at radius 2 is 2.10 bits per heavy atom. The number of carbonyl (C=O) groups is 1. The van der Waals surface area contributed by atoms with Gasteiger partial charge in [0.15, 0.2) is 0 Å². The van der Waals surface area contributed by atoms with E-state index in [-0.39, 0.29) is 11.3 Å². The van der Waals surface area contributed by atoms with E-state index >= 15 is 0 Å². The highest BCUT2D eigenvalue weighted by Crippen LogP contribution is 2.25. The van der Waals surface area contributed by atoms with Crippen molar-refractivity contribution in [3.8, 4) is 0 Å². The molecule has 0 radical (unpaired) electrons. The largest absolute Gasteiger partial charge is 0.478 e. The number of carboxylic acid groups (broad SMARTS) is 1. The molecule has 2 fully saturated rings. The lowest BCUT2D eigenvalue weighted by Gasteiger charge is -2.24. The van der Waals surface area contributed by atoms with E-state index in [1.165, 1.54) is 32.1 Å². The van der Waals surface area contributed by atoms with Crippen molar-refractivity contribution in [3.63, 3.8) is 0 Å². The zero-order chi connectivity index (χ0) is 14.1. The molecule has 3 rings (SSSR count). The molecule has 0 saturated carbocycles. The summed E-state index contributed by atoms with van der Waals surface area (Å²) in [5.41, 5.74) is 6.00. The monoisotopic (exact) mass is 276 g/mol. The molecular weight excluding hydrogens is 256 g/mol. The topological polar surface area (TPSA) is 82.7 Å². The number of pyridine rings is 1. The molecule has 1 aromatic rings. The van der Waals surface area contributed by atoms with Gasteiger partial charge in [-0.3, -0.25) is 4.90 Å². The molecular formula is C14H20N4O2. The van der Waals surface area contributed by atoms with E-state index in [0.29, 0.717) is 6.04 Å². The van der Waals surface area contributed by atoms with E-state index in [4.69, 9.17) is 10.8 Å². The van der Waals surface area contributed by atoms with Crippen LogP contribution in [-0.2, 0) is 0 Å². The van der Waals surface area contributed by atoms with Crippen LogP contribution < -0.4 is 10.6 Å². The number of likely N-dealkylation sites (tertiary alicyclic amines) is 1. The van der Waals surface area contributed by atoms with Gasteiger partial charge in [-0.2, -0.15) is 0 Å². The van der Waals surface area contributed by atoms with Crippen LogP contribution >= 0.6 is 0 Å². The van der Waals surface area contributed by atoms with Crippen LogP contribution in [0.1, 0.15) is 29.6 Å². The number of hydrogen-bond donors (Lipinski definition) is 2. The maximum Gasteiger partial charge on any atom is 0.337 e. The summed E-state index contributed by atoms with van der Waals surface area (Å²) in [6, 6.07) is 2.16. The summed E-state index contributed by atoms with van der Waals surface area (Å²) >= 11 is 0. The van der Waals surface area contributed by atoms with Crippen LogP contribution in [0.3, 0.4) is 0 Å². The second-order valence-corrected chi connectivity index (χ2v) is 5.57. The molecule has 1 aromatic heterocycles. The van der Waals surface area contributed by atoms with Gasteiger partial charge < -0.3 is 15.7 Å². The lowest BCUT2D eigenvalue weighted by molar-refractivity contribution is 0.0698. The van der Waals surface area contributed by atoms with Crippen LogP contribution in [-0.4, -0.2) is 53.2 Å². The number of nitrogens with two attached hydrogens (primary N) is 1. The van der Waals surface area contributed by atoms with E-state index in [1.807, 2.05) is 0 Å². The Morgan fingerprint density at radius 1 is 1.35 bits per heavy atom. The molecule has 2 aliphatic rings. The van der Waals surface area contributed by atoms with Gasteiger partial charge >= 0.3 is 5.97 Å². The average Bonchev–Trinajstić information content (AvgIpc) is 3.09. The number of carboxylic acids is 1. The second-order valence-electron chi connectivity index (χ2n) is 5.57. The summed E-state index contributed by atoms with van der Waals surface area (Å²) in [6.45, 7) is 4.23. The molecule has 3 heterocycles. The fraction of sp³-hybridized carbons (Fsp3) is 0.571. The highest BCUT2D eigenvalue weighted by Gasteiger charge is 2.30. The minimum Gasteiger partial charge on any atom is -0.478 e. The molecule has 2 aliphatic heterocycles. The number of nitrogens with zero attached hydrogens (tertiary/aromatic N) is 3. The normalized spacial score (nSPS) is 23.4. The molecule has 0 aromatic carbocycles. The van der Waals surface area contributed by atoms with Crippen molar-refractivity contribution in [1.29, 1.82) is 0 Å². The van der Waals surface area contributed by atoms with Gasteiger partial charge in [0, 0.05) is 19.1 Å². The van der Waals surface area contributed by atoms with E-state index in [2.05, 4.69) is 14.8 Å². The van der Waals surface area contributed by atoms with Gasteiger partial charge in [0.25, 0.3) is 0 Å². The van der Waals surface area contributed by atoms with Crippen molar-refractivity contribution in [2.45, 2.75) is 25.3 Å². The van der Waals surface area contributed by atoms with Gasteiger partial charge in [0.2, 0.25) is 0 Å². The summed E-state index contributed by atoms with van der Waals surface area (Å²) < 4.78 is 0. The number of aromatic nitrogens is 1. The molecule has 108 valence electrons. The Kier molecular flexibility index (Phi) is 3.48. The fourth-order valence-corrected chi connectivity index (χ4v) is 3.17. The predicted molar refractivity (Wildman–Crippen MR) is 77.0 cm³/mol. The number of rotatable bonds is 3. The van der Waals surface area contributed by atoms with Crippen LogP contribution in [0.15, 0.2) is 12.3 Å². The van der Waals surface area contributed by atoms with Crippen molar-refractivity contribution in [2.24, 2.45) is 0 Å². The van der Waals surface area contributed by atoms with Crippen LogP contribution in [0, 0.1) is 0 Å². The summed E-state index contributed by atoms with van der Waals surface area (Å²) in [5, 5.41) is 9.12. The van der Waals surface area contributed by atoms with Crippen molar-refractivity contribution < 1.29 is 9.90 Å². The molecule has 0 bridgehead atoms. The third-order valence-corrected chi connectivity index (χ3v) is 4.30. The smallest absolute Gasteiger partial charge is 0.337 e. The van der Waals surface area contributed by atoms with Gasteiger partial charge in [-0.05, 0) is 38.4 Å². The number of aromatic carboxylic acids is 1. The first kappa shape index (κ1) is 13.2. The highest BCUT2D eigenvalue weighted by atomic mass is 16.4. The van der Waals surface area contributed by atoms with E-state index in [1.54, 1.807) is 6.07 Å². The Morgan fingerprint density at radius 3 is 2.80 bits per heavy atom. The first-order valence-electron chi connectivity index (χ1n) is 7.13. The number of hydrogen-bond acceptors (Lipinski definition) is 5. The SMILES string of the molecule is Nc1cnc(N2CCC(N3CCCC3)C2)cc1C(=O)O. The maximum absolute atomic E-state index is 11.1. The average molecular weight is 276 g/mol. The van der Waals surface area contributed by atoms with Crippen LogP contribution in [0.4, 0.5) is 11.5 Å². The fourth-order valence-electron chi connectivity index (χ4n) is 3.17. The standard InChI is InChI=1S/C14H20N4O2/c15-12-8-16-13(7-11(12)14(19)20)18-6-3-10(9-18)17-4-1-2-5-17/h7-8,10H,1-6,9,15H2,(H,19,20). The van der Waals surface area contributed by atoms with E-state index in [9.17, 15) is 4.79 Å². The van der Waals surface area contributed by atoms with Crippen LogP contribution in [0.25, 0.3) is 0 Å². The molecule has 2 saturated heterocycles. The highest BCUT2D eigenvalue weighted by molar-refractivity contribution is 5.94. The van der Waals surface area contributed by atoms with Crippen LogP contribution in [0.5, 0.6) is 0 Å². The van der Waals surface area contributed by atoms with Gasteiger partial charge in [-0.15, -0.1) is 0 Å². The first-order valence-corrected chi connectivity index (χ1v) is 7.13. The maximum atomic E-state index is 11.1. The molecule has 6 heteroatoms. The van der Waals surface area contributed by atoms with Crippen molar-refractivity contribution in [2.75, 3.05) is 36.8 Å². The lowest BCUT2D eigenvalue weighted by atomic mass is 10.2. The Balaban J connectivity index is 1.74. The molecule has 0 spiro atoms. The summed E-state index contributed by atoms with van der Waals surface area (Å²) in [5.74, 6) is -0.278. The minimum atomic E-state index is -0.999. The first-order chi connectivity index (χ1) is 9.65.